The quantitative estimate of drug-likeness (QED) is 0.496. The van der Waals surface area contributed by atoms with E-state index in [4.69, 9.17) is 9.84 Å². The van der Waals surface area contributed by atoms with Crippen molar-refractivity contribution < 1.29 is 19.7 Å². The Morgan fingerprint density at radius 3 is 3.11 bits per heavy atom. The average Bonchev–Trinajstić information content (AvgIpc) is 2.93. The predicted molar refractivity (Wildman–Crippen MR) is 60.9 cm³/mol. The Morgan fingerprint density at radius 1 is 1.56 bits per heavy atom. The van der Waals surface area contributed by atoms with Gasteiger partial charge in [-0.25, -0.2) is 4.79 Å². The number of aliphatic hydroxyl groups excluding tert-OH is 2. The van der Waals surface area contributed by atoms with Crippen molar-refractivity contribution in [2.45, 2.75) is 31.0 Å². The molecule has 0 saturated carbocycles. The second kappa shape index (κ2) is 4.27. The molecule has 98 valence electrons. The summed E-state index contributed by atoms with van der Waals surface area (Å²) >= 11 is 0. The third-order valence-corrected chi connectivity index (χ3v) is 3.36. The van der Waals surface area contributed by atoms with Gasteiger partial charge in [-0.2, -0.15) is 0 Å². The van der Waals surface area contributed by atoms with E-state index in [1.165, 1.54) is 4.90 Å². The van der Waals surface area contributed by atoms with Gasteiger partial charge in [0, 0.05) is 18.2 Å². The molecule has 0 aromatic rings. The molecule has 7 nitrogen and oxygen atoms in total. The van der Waals surface area contributed by atoms with E-state index in [-0.39, 0.29) is 18.8 Å². The van der Waals surface area contributed by atoms with E-state index < -0.39 is 18.4 Å². The highest BCUT2D eigenvalue weighted by Crippen LogP contribution is 2.26. The minimum Gasteiger partial charge on any atom is -0.394 e. The Morgan fingerprint density at radius 2 is 2.39 bits per heavy atom. The molecule has 0 bridgehead atoms. The molecule has 0 aliphatic carbocycles. The van der Waals surface area contributed by atoms with E-state index in [2.05, 4.69) is 10.6 Å². The highest BCUT2D eigenvalue weighted by atomic mass is 16.5. The number of carbonyl (C=O) groups is 1. The summed E-state index contributed by atoms with van der Waals surface area (Å²) < 4.78 is 5.46. The maximum absolute atomic E-state index is 11.9. The van der Waals surface area contributed by atoms with Gasteiger partial charge in [0.1, 0.15) is 18.5 Å². The van der Waals surface area contributed by atoms with Gasteiger partial charge in [0.15, 0.2) is 0 Å². The van der Waals surface area contributed by atoms with Gasteiger partial charge >= 0.3 is 6.03 Å². The fraction of sp³-hybridized carbons (Fsp3) is 0.545. The van der Waals surface area contributed by atoms with Crippen LogP contribution in [0.1, 0.15) is 6.42 Å². The first-order valence-corrected chi connectivity index (χ1v) is 5.86. The lowest BCUT2D eigenvalue weighted by molar-refractivity contribution is -0.0544. The highest BCUT2D eigenvalue weighted by molar-refractivity contribution is 5.78. The van der Waals surface area contributed by atoms with Crippen molar-refractivity contribution in [2.75, 3.05) is 6.61 Å². The maximum atomic E-state index is 11.9. The van der Waals surface area contributed by atoms with Gasteiger partial charge in [-0.05, 0) is 12.3 Å². The van der Waals surface area contributed by atoms with Gasteiger partial charge in [-0.3, -0.25) is 4.90 Å². The number of fused-ring (bicyclic) bond motifs is 1. The van der Waals surface area contributed by atoms with Gasteiger partial charge in [0.2, 0.25) is 0 Å². The van der Waals surface area contributed by atoms with Gasteiger partial charge < -0.3 is 25.6 Å². The zero-order valence-electron chi connectivity index (χ0n) is 9.61. The number of aliphatic hydroxyl groups is 2. The molecule has 4 atom stereocenters. The van der Waals surface area contributed by atoms with E-state index in [1.54, 1.807) is 12.4 Å². The number of nitrogens with zero attached hydrogens (tertiary/aromatic N) is 1. The van der Waals surface area contributed by atoms with E-state index in [9.17, 15) is 9.90 Å². The predicted octanol–water partition coefficient (Wildman–Crippen LogP) is -1.19. The fourth-order valence-corrected chi connectivity index (χ4v) is 2.36. The van der Waals surface area contributed by atoms with Crippen molar-refractivity contribution in [3.05, 3.63) is 24.0 Å². The van der Waals surface area contributed by atoms with Crippen LogP contribution in [0, 0.1) is 0 Å². The normalized spacial score (nSPS) is 38.2. The molecule has 3 rings (SSSR count). The number of ether oxygens (including phenoxy) is 1. The van der Waals surface area contributed by atoms with Crippen LogP contribution in [0.3, 0.4) is 0 Å². The van der Waals surface area contributed by atoms with Crippen LogP contribution in [0.25, 0.3) is 0 Å². The first-order valence-electron chi connectivity index (χ1n) is 5.86. The fourth-order valence-electron chi connectivity index (χ4n) is 2.36. The molecule has 0 spiro atoms. The summed E-state index contributed by atoms with van der Waals surface area (Å²) in [5, 5.41) is 24.5. The van der Waals surface area contributed by atoms with Crippen molar-refractivity contribution in [3.63, 3.8) is 0 Å². The summed E-state index contributed by atoms with van der Waals surface area (Å²) in [6.07, 6.45) is 3.53. The summed E-state index contributed by atoms with van der Waals surface area (Å²) in [6.45, 7) is -0.256. The van der Waals surface area contributed by atoms with Crippen molar-refractivity contribution in [1.29, 1.82) is 0 Å². The van der Waals surface area contributed by atoms with Crippen molar-refractivity contribution in [3.8, 4) is 0 Å². The van der Waals surface area contributed by atoms with E-state index in [1.807, 2.05) is 6.08 Å². The monoisotopic (exact) mass is 253 g/mol. The molecule has 18 heavy (non-hydrogen) atoms. The van der Waals surface area contributed by atoms with E-state index in [0.29, 0.717) is 6.42 Å². The van der Waals surface area contributed by atoms with Crippen LogP contribution in [-0.2, 0) is 4.74 Å². The molecule has 1 saturated heterocycles. The maximum Gasteiger partial charge on any atom is 0.325 e. The van der Waals surface area contributed by atoms with Crippen LogP contribution >= 0.6 is 0 Å². The minimum absolute atomic E-state index is 0.186. The minimum atomic E-state index is -0.749. The van der Waals surface area contributed by atoms with Crippen LogP contribution in [0.5, 0.6) is 0 Å². The number of hydrogen-bond donors (Lipinski definition) is 4. The number of nitrogens with one attached hydrogen (secondary N) is 2. The van der Waals surface area contributed by atoms with Crippen molar-refractivity contribution >= 4 is 6.03 Å². The molecule has 7 heteroatoms. The summed E-state index contributed by atoms with van der Waals surface area (Å²) in [6, 6.07) is -0.282. The van der Waals surface area contributed by atoms with Crippen LogP contribution in [0.4, 0.5) is 4.79 Å². The Hall–Kier alpha value is -1.57. The standard InChI is InChI=1S/C11H15N3O4/c15-5-8-7(16)3-9(18-8)14-4-6-1-2-12-10(6)13-11(14)17/h1-2,4,7-10,12,15-16H,3,5H2,(H,13,17)/t7-,8-,9-,10?/m1/s1. The third-order valence-electron chi connectivity index (χ3n) is 3.36. The molecule has 4 N–H and O–H groups in total. The first-order chi connectivity index (χ1) is 8.69. The number of rotatable bonds is 2. The second-order valence-electron chi connectivity index (χ2n) is 4.53. The topological polar surface area (TPSA) is 94.1 Å². The molecule has 1 unspecified atom stereocenters. The zero-order chi connectivity index (χ0) is 12.7. The average molecular weight is 253 g/mol. The zero-order valence-corrected chi connectivity index (χ0v) is 9.61. The van der Waals surface area contributed by atoms with Crippen molar-refractivity contribution in [1.82, 2.24) is 15.5 Å². The smallest absolute Gasteiger partial charge is 0.325 e. The molecular weight excluding hydrogens is 238 g/mol. The largest absolute Gasteiger partial charge is 0.394 e. The molecule has 0 aromatic carbocycles. The van der Waals surface area contributed by atoms with Crippen LogP contribution in [0.15, 0.2) is 24.0 Å². The van der Waals surface area contributed by atoms with Gasteiger partial charge in [-0.15, -0.1) is 0 Å². The Kier molecular flexibility index (Phi) is 2.73. The van der Waals surface area contributed by atoms with E-state index in [0.717, 1.165) is 5.57 Å². The second-order valence-corrected chi connectivity index (χ2v) is 4.53. The van der Waals surface area contributed by atoms with Crippen LogP contribution < -0.4 is 10.6 Å². The number of carbonyl (C=O) groups excluding carboxylic acids is 1. The number of amides is 2. The summed E-state index contributed by atoms with van der Waals surface area (Å²) in [4.78, 5) is 13.3. The molecule has 1 fully saturated rings. The van der Waals surface area contributed by atoms with Gasteiger partial charge in [-0.1, -0.05) is 0 Å². The SMILES string of the molecule is O=C1NC2NC=CC2=CN1[C@H]1C[C@@H](O)[C@@H](CO)O1. The van der Waals surface area contributed by atoms with E-state index >= 15 is 0 Å². The third kappa shape index (κ3) is 1.76. The first kappa shape index (κ1) is 11.5. The molecule has 2 amide bonds. The lowest BCUT2D eigenvalue weighted by atomic mass is 10.1. The Bertz CT molecular complexity index is 423. The Labute approximate surface area is 104 Å². The van der Waals surface area contributed by atoms with Crippen LogP contribution in [0.2, 0.25) is 0 Å². The lowest BCUT2D eigenvalue weighted by Crippen LogP contribution is -2.53. The molecule has 3 aliphatic rings. The van der Waals surface area contributed by atoms with Gasteiger partial charge in [0.25, 0.3) is 0 Å². The van der Waals surface area contributed by atoms with Crippen molar-refractivity contribution in [2.24, 2.45) is 0 Å². The number of hydrogen-bond acceptors (Lipinski definition) is 5. The highest BCUT2D eigenvalue weighted by Gasteiger charge is 2.40. The van der Waals surface area contributed by atoms with Crippen LogP contribution in [-0.4, -0.2) is 52.4 Å². The summed E-state index contributed by atoms with van der Waals surface area (Å²) in [5.41, 5.74) is 0.931. The molecule has 0 radical (unpaired) electrons. The molecule has 3 aliphatic heterocycles. The summed E-state index contributed by atoms with van der Waals surface area (Å²) in [7, 11) is 0. The molecule has 0 aromatic heterocycles. The Balaban J connectivity index is 1.78. The molecule has 3 heterocycles. The number of urea groups is 1. The lowest BCUT2D eigenvalue weighted by Gasteiger charge is -2.32. The summed E-state index contributed by atoms with van der Waals surface area (Å²) in [5.74, 6) is 0. The van der Waals surface area contributed by atoms with Gasteiger partial charge in [0.05, 0.1) is 12.7 Å². The molecular formula is C11H15N3O4.